The van der Waals surface area contributed by atoms with Gasteiger partial charge in [0.05, 0.1) is 9.16 Å². The minimum absolute atomic E-state index is 0.275. The van der Waals surface area contributed by atoms with E-state index in [0.717, 1.165) is 58.1 Å². The summed E-state index contributed by atoms with van der Waals surface area (Å²) in [5, 5.41) is 0. The molecule has 0 saturated carbocycles. The van der Waals surface area contributed by atoms with Crippen molar-refractivity contribution in [3.63, 3.8) is 0 Å². The van der Waals surface area contributed by atoms with Crippen molar-refractivity contribution in [2.75, 3.05) is 59.2 Å². The molecule has 0 N–H and O–H groups in total. The largest absolute Gasteiger partial charge is 0.490 e. The molecule has 0 bridgehead atoms. The average Bonchev–Trinajstić information content (AvgIpc) is 4.02. The topological polar surface area (TPSA) is 71.1 Å². The molecular weight excluding hydrogens is 877 g/mol. The van der Waals surface area contributed by atoms with Crippen LogP contribution < -0.4 is 9.47 Å². The maximum Gasteiger partial charge on any atom is 0.331 e. The van der Waals surface area contributed by atoms with Crippen molar-refractivity contribution in [1.29, 1.82) is 0 Å². The van der Waals surface area contributed by atoms with Crippen LogP contribution in [-0.4, -0.2) is 92.5 Å². The standard InChI is InChI=1S/C49H56O6S6/c1-49(2,39-15-19-41(20-16-39)52-33-43(35-56-27-25-47-58-29-30-59-47)54-45(50)23-13-37-9-5-3-6-10-37)40-17-21-42(22-18-40)53-34-44(36-57-28-26-48-60-31-32-61-48)55-46(51)24-14-38-11-7-4-8-12-38/h3-24,43-44,47-48H,25-36H2,1-2H3. The number of rotatable bonds is 24. The molecule has 324 valence electrons. The monoisotopic (exact) mass is 932 g/mol. The molecule has 2 aliphatic heterocycles. The Bertz CT molecular complexity index is 1810. The van der Waals surface area contributed by atoms with Gasteiger partial charge in [0, 0.05) is 52.1 Å². The summed E-state index contributed by atoms with van der Waals surface area (Å²) in [6.45, 7) is 4.96. The number of benzene rings is 4. The van der Waals surface area contributed by atoms with Crippen molar-refractivity contribution in [2.24, 2.45) is 0 Å². The zero-order valence-electron chi connectivity index (χ0n) is 34.9. The number of esters is 2. The Morgan fingerprint density at radius 2 is 0.967 bits per heavy atom. The normalized spacial score (nSPS) is 15.9. The van der Waals surface area contributed by atoms with Crippen molar-refractivity contribution >= 4 is 94.7 Å². The minimum atomic E-state index is -0.379. The van der Waals surface area contributed by atoms with E-state index < -0.39 is 0 Å². The fourth-order valence-electron chi connectivity index (χ4n) is 6.51. The molecule has 61 heavy (non-hydrogen) atoms. The second-order valence-corrected chi connectivity index (χ2v) is 23.1. The summed E-state index contributed by atoms with van der Waals surface area (Å²) in [6, 6.07) is 35.9. The van der Waals surface area contributed by atoms with Gasteiger partial charge in [-0.1, -0.05) is 98.8 Å². The third-order valence-electron chi connectivity index (χ3n) is 10.00. The molecule has 0 aromatic heterocycles. The highest BCUT2D eigenvalue weighted by Crippen LogP contribution is 2.37. The lowest BCUT2D eigenvalue weighted by Gasteiger charge is -2.27. The lowest BCUT2D eigenvalue weighted by atomic mass is 9.78. The van der Waals surface area contributed by atoms with Crippen molar-refractivity contribution in [2.45, 2.75) is 53.5 Å². The van der Waals surface area contributed by atoms with Crippen LogP contribution in [0.5, 0.6) is 11.5 Å². The molecule has 12 heteroatoms. The number of carbonyl (C=O) groups excluding carboxylic acids is 2. The van der Waals surface area contributed by atoms with Gasteiger partial charge >= 0.3 is 11.9 Å². The van der Waals surface area contributed by atoms with E-state index in [4.69, 9.17) is 18.9 Å². The van der Waals surface area contributed by atoms with Crippen LogP contribution in [0.3, 0.4) is 0 Å². The first-order chi connectivity index (χ1) is 29.8. The highest BCUT2D eigenvalue weighted by Gasteiger charge is 2.24. The van der Waals surface area contributed by atoms with Gasteiger partial charge in [-0.15, -0.1) is 47.0 Å². The predicted molar refractivity (Wildman–Crippen MR) is 268 cm³/mol. The molecule has 2 aliphatic rings. The third-order valence-corrected chi connectivity index (χ3v) is 18.6. The highest BCUT2D eigenvalue weighted by atomic mass is 32.2. The van der Waals surface area contributed by atoms with Crippen molar-refractivity contribution in [3.05, 3.63) is 144 Å². The van der Waals surface area contributed by atoms with Gasteiger partial charge in [0.15, 0.2) is 0 Å². The summed E-state index contributed by atoms with van der Waals surface area (Å²) in [5.41, 5.74) is 3.89. The molecule has 6 rings (SSSR count). The van der Waals surface area contributed by atoms with E-state index in [1.54, 1.807) is 12.2 Å². The van der Waals surface area contributed by atoms with Gasteiger partial charge in [0.1, 0.15) is 36.9 Å². The van der Waals surface area contributed by atoms with Crippen LogP contribution in [0.25, 0.3) is 12.2 Å². The molecule has 2 saturated heterocycles. The molecule has 0 aliphatic carbocycles. The summed E-state index contributed by atoms with van der Waals surface area (Å²) >= 11 is 11.8. The summed E-state index contributed by atoms with van der Waals surface area (Å²) in [5.74, 6) is 9.04. The summed E-state index contributed by atoms with van der Waals surface area (Å²) in [6.07, 6.45) is 8.08. The SMILES string of the molecule is CC(C)(c1ccc(OCC(CSCCC2SCCS2)OC(=O)C=Cc2ccccc2)cc1)c1ccc(OCC(CSCCC2SCCS2)OC(=O)C=Cc2ccccc2)cc1. The third kappa shape index (κ3) is 16.9. The van der Waals surface area contributed by atoms with Gasteiger partial charge in [-0.3, -0.25) is 0 Å². The number of ether oxygens (including phenoxy) is 4. The first-order valence-corrected chi connectivity index (χ1v) is 27.3. The van der Waals surface area contributed by atoms with E-state index in [0.29, 0.717) is 20.7 Å². The van der Waals surface area contributed by atoms with Gasteiger partial charge in [0.25, 0.3) is 0 Å². The second-order valence-electron chi connectivity index (χ2n) is 15.0. The molecule has 4 aromatic rings. The van der Waals surface area contributed by atoms with E-state index in [-0.39, 0.29) is 42.8 Å². The van der Waals surface area contributed by atoms with E-state index in [1.807, 2.05) is 156 Å². The zero-order chi connectivity index (χ0) is 42.5. The lowest BCUT2D eigenvalue weighted by molar-refractivity contribution is -0.144. The molecule has 0 amide bonds. The average molecular weight is 933 g/mol. The zero-order valence-corrected chi connectivity index (χ0v) is 39.8. The number of hydrogen-bond donors (Lipinski definition) is 0. The van der Waals surface area contributed by atoms with E-state index in [2.05, 4.69) is 38.1 Å². The maximum absolute atomic E-state index is 12.8. The first-order valence-electron chi connectivity index (χ1n) is 20.8. The quantitative estimate of drug-likeness (QED) is 0.0382. The van der Waals surface area contributed by atoms with Gasteiger partial charge < -0.3 is 18.9 Å². The Balaban J connectivity index is 1.00. The maximum atomic E-state index is 12.8. The lowest BCUT2D eigenvalue weighted by Crippen LogP contribution is -2.27. The predicted octanol–water partition coefficient (Wildman–Crippen LogP) is 11.9. The Hall–Kier alpha value is -3.00. The van der Waals surface area contributed by atoms with Gasteiger partial charge in [-0.25, -0.2) is 9.59 Å². The van der Waals surface area contributed by atoms with Gasteiger partial charge in [0.2, 0.25) is 0 Å². The van der Waals surface area contributed by atoms with Crippen LogP contribution in [0, 0.1) is 0 Å². The molecule has 4 aromatic carbocycles. The van der Waals surface area contributed by atoms with Crippen molar-refractivity contribution < 1.29 is 28.5 Å². The van der Waals surface area contributed by atoms with E-state index >= 15 is 0 Å². The molecule has 6 nitrogen and oxygen atoms in total. The Morgan fingerprint density at radius 1 is 0.590 bits per heavy atom. The highest BCUT2D eigenvalue weighted by molar-refractivity contribution is 8.20. The number of thioether (sulfide) groups is 6. The fourth-order valence-corrected chi connectivity index (χ4v) is 14.8. The van der Waals surface area contributed by atoms with Crippen LogP contribution in [0.15, 0.2) is 121 Å². The molecule has 0 spiro atoms. The molecule has 2 heterocycles. The van der Waals surface area contributed by atoms with Crippen LogP contribution in [-0.2, 0) is 24.5 Å². The van der Waals surface area contributed by atoms with Gasteiger partial charge in [-0.05, 0) is 83.0 Å². The Morgan fingerprint density at radius 3 is 1.34 bits per heavy atom. The molecule has 2 atom stereocenters. The first kappa shape index (κ1) is 47.5. The van der Waals surface area contributed by atoms with Crippen molar-refractivity contribution in [1.82, 2.24) is 0 Å². The smallest absolute Gasteiger partial charge is 0.331 e. The molecule has 2 unspecified atom stereocenters. The number of carbonyl (C=O) groups is 2. The fraction of sp³-hybridized carbons (Fsp3) is 0.388. The van der Waals surface area contributed by atoms with E-state index in [1.165, 1.54) is 35.2 Å². The van der Waals surface area contributed by atoms with Crippen LogP contribution in [0.1, 0.15) is 48.9 Å². The number of hydrogen-bond acceptors (Lipinski definition) is 12. The van der Waals surface area contributed by atoms with Gasteiger partial charge in [-0.2, -0.15) is 23.5 Å². The summed E-state index contributed by atoms with van der Waals surface area (Å²) in [4.78, 5) is 25.7. The summed E-state index contributed by atoms with van der Waals surface area (Å²) in [7, 11) is 0. The molecule has 2 fully saturated rings. The van der Waals surface area contributed by atoms with E-state index in [9.17, 15) is 9.59 Å². The summed E-state index contributed by atoms with van der Waals surface area (Å²) < 4.78 is 25.6. The van der Waals surface area contributed by atoms with Crippen LogP contribution in [0.2, 0.25) is 0 Å². The minimum Gasteiger partial charge on any atom is -0.490 e. The Kier molecular flexibility index (Phi) is 20.2. The second kappa shape index (κ2) is 25.9. The molecule has 0 radical (unpaired) electrons. The molecular formula is C49H56O6S6. The van der Waals surface area contributed by atoms with Crippen molar-refractivity contribution in [3.8, 4) is 11.5 Å². The Labute approximate surface area is 388 Å². The van der Waals surface area contributed by atoms with Crippen LogP contribution >= 0.6 is 70.6 Å². The van der Waals surface area contributed by atoms with Crippen LogP contribution in [0.4, 0.5) is 0 Å².